The highest BCUT2D eigenvalue weighted by molar-refractivity contribution is 7.99. The molecule has 1 aliphatic carbocycles. The number of carbonyl (C=O) groups is 2. The Balaban J connectivity index is 1.60. The fraction of sp³-hybridized carbons (Fsp3) is 0.364. The van der Waals surface area contributed by atoms with Crippen LogP contribution in [0.25, 0.3) is 11.1 Å². The minimum Gasteiger partial charge on any atom is -0.480 e. The standard InChI is InChI=1S/C22H25NO4S/c1-2-3-12-28-14-20(21(24)25)23-22(26)27-13-19-17-10-6-4-8-15(17)16-9-5-7-11-18(16)19/h4-11,19-20H,2-3,12-14H2,1H3,(H,23,26)(H,24,25). The quantitative estimate of drug-likeness (QED) is 0.607. The highest BCUT2D eigenvalue weighted by Crippen LogP contribution is 2.44. The lowest BCUT2D eigenvalue weighted by atomic mass is 9.98. The molecule has 1 amide bonds. The molecule has 2 aromatic rings. The fourth-order valence-corrected chi connectivity index (χ4v) is 4.53. The van der Waals surface area contributed by atoms with Crippen molar-refractivity contribution in [3.05, 3.63) is 59.7 Å². The molecule has 0 bridgehead atoms. The number of alkyl carbamates (subject to hydrolysis) is 1. The van der Waals surface area contributed by atoms with Crippen molar-refractivity contribution in [2.75, 3.05) is 18.1 Å². The molecule has 28 heavy (non-hydrogen) atoms. The number of nitrogens with one attached hydrogen (secondary N) is 1. The normalized spacial score (nSPS) is 13.5. The van der Waals surface area contributed by atoms with E-state index in [1.54, 1.807) is 0 Å². The fourth-order valence-electron chi connectivity index (χ4n) is 3.40. The van der Waals surface area contributed by atoms with Gasteiger partial charge in [0.1, 0.15) is 12.6 Å². The average Bonchev–Trinajstić information content (AvgIpc) is 3.02. The number of carboxylic acids is 1. The molecule has 5 nitrogen and oxygen atoms in total. The van der Waals surface area contributed by atoms with Gasteiger partial charge in [-0.3, -0.25) is 0 Å². The minimum absolute atomic E-state index is 0.0413. The van der Waals surface area contributed by atoms with Gasteiger partial charge in [0.15, 0.2) is 0 Å². The Hall–Kier alpha value is -2.47. The van der Waals surface area contributed by atoms with Crippen molar-refractivity contribution < 1.29 is 19.4 Å². The molecule has 1 atom stereocenters. The van der Waals surface area contributed by atoms with Crippen LogP contribution < -0.4 is 5.32 Å². The Labute approximate surface area is 169 Å². The van der Waals surface area contributed by atoms with Gasteiger partial charge in [0.2, 0.25) is 0 Å². The molecule has 0 saturated heterocycles. The zero-order chi connectivity index (χ0) is 19.9. The molecular formula is C22H25NO4S. The Morgan fingerprint density at radius 2 is 1.71 bits per heavy atom. The lowest BCUT2D eigenvalue weighted by Crippen LogP contribution is -2.43. The molecule has 0 radical (unpaired) electrons. The monoisotopic (exact) mass is 399 g/mol. The Morgan fingerprint density at radius 1 is 1.11 bits per heavy atom. The minimum atomic E-state index is -1.04. The van der Waals surface area contributed by atoms with Crippen molar-refractivity contribution in [1.82, 2.24) is 5.32 Å². The Kier molecular flexibility index (Phi) is 6.98. The van der Waals surface area contributed by atoms with E-state index < -0.39 is 18.1 Å². The summed E-state index contributed by atoms with van der Waals surface area (Å²) in [7, 11) is 0. The number of unbranched alkanes of at least 4 members (excludes halogenated alkanes) is 1. The molecule has 1 aliphatic rings. The highest BCUT2D eigenvalue weighted by Gasteiger charge is 2.29. The van der Waals surface area contributed by atoms with Crippen LogP contribution in [0.1, 0.15) is 36.8 Å². The summed E-state index contributed by atoms with van der Waals surface area (Å²) in [6.07, 6.45) is 1.40. The molecule has 0 saturated carbocycles. The topological polar surface area (TPSA) is 75.6 Å². The molecule has 148 valence electrons. The second kappa shape index (κ2) is 9.64. The third-order valence-electron chi connectivity index (χ3n) is 4.86. The molecule has 3 rings (SSSR count). The second-order valence-corrected chi connectivity index (χ2v) is 7.94. The maximum Gasteiger partial charge on any atom is 0.407 e. The number of aliphatic carboxylic acids is 1. The van der Waals surface area contributed by atoms with E-state index in [4.69, 9.17) is 4.74 Å². The number of fused-ring (bicyclic) bond motifs is 3. The van der Waals surface area contributed by atoms with Crippen LogP contribution in [0.15, 0.2) is 48.5 Å². The van der Waals surface area contributed by atoms with Crippen LogP contribution in [0.4, 0.5) is 4.79 Å². The molecule has 0 fully saturated rings. The van der Waals surface area contributed by atoms with E-state index in [-0.39, 0.29) is 12.5 Å². The number of amides is 1. The van der Waals surface area contributed by atoms with Gasteiger partial charge in [0, 0.05) is 11.7 Å². The largest absolute Gasteiger partial charge is 0.480 e. The van der Waals surface area contributed by atoms with Gasteiger partial charge in [-0.2, -0.15) is 11.8 Å². The first kappa shape index (κ1) is 20.3. The van der Waals surface area contributed by atoms with Crippen LogP contribution in [0.2, 0.25) is 0 Å². The van der Waals surface area contributed by atoms with Crippen molar-refractivity contribution >= 4 is 23.8 Å². The molecule has 2 N–H and O–H groups in total. The van der Waals surface area contributed by atoms with Crippen LogP contribution >= 0.6 is 11.8 Å². The molecule has 0 aromatic heterocycles. The smallest absolute Gasteiger partial charge is 0.407 e. The number of thioether (sulfide) groups is 1. The highest BCUT2D eigenvalue weighted by atomic mass is 32.2. The predicted molar refractivity (Wildman–Crippen MR) is 112 cm³/mol. The van der Waals surface area contributed by atoms with Crippen molar-refractivity contribution in [1.29, 1.82) is 0 Å². The SMILES string of the molecule is CCCCSCC(NC(=O)OCC1c2ccccc2-c2ccccc21)C(=O)O. The van der Waals surface area contributed by atoms with E-state index >= 15 is 0 Å². The van der Waals surface area contributed by atoms with E-state index in [1.165, 1.54) is 11.8 Å². The third kappa shape index (κ3) is 4.68. The summed E-state index contributed by atoms with van der Waals surface area (Å²) in [5, 5.41) is 11.8. The number of rotatable bonds is 9. The molecule has 6 heteroatoms. The molecule has 1 unspecified atom stereocenters. The Morgan fingerprint density at radius 3 is 2.29 bits per heavy atom. The zero-order valence-corrected chi connectivity index (χ0v) is 16.7. The lowest BCUT2D eigenvalue weighted by Gasteiger charge is -2.17. The van der Waals surface area contributed by atoms with Crippen LogP contribution in [0, 0.1) is 0 Å². The average molecular weight is 400 g/mol. The van der Waals surface area contributed by atoms with Crippen LogP contribution in [0.3, 0.4) is 0 Å². The van der Waals surface area contributed by atoms with Gasteiger partial charge in [0.05, 0.1) is 0 Å². The Bertz CT molecular complexity index is 793. The van der Waals surface area contributed by atoms with Gasteiger partial charge in [-0.15, -0.1) is 0 Å². The second-order valence-electron chi connectivity index (χ2n) is 6.79. The maximum atomic E-state index is 12.2. The summed E-state index contributed by atoms with van der Waals surface area (Å²) >= 11 is 1.53. The van der Waals surface area contributed by atoms with Crippen molar-refractivity contribution in [2.45, 2.75) is 31.7 Å². The van der Waals surface area contributed by atoms with Crippen molar-refractivity contribution in [3.63, 3.8) is 0 Å². The predicted octanol–water partition coefficient (Wildman–Crippen LogP) is 4.51. The molecule has 0 spiro atoms. The number of ether oxygens (including phenoxy) is 1. The van der Waals surface area contributed by atoms with E-state index in [9.17, 15) is 14.7 Å². The number of benzene rings is 2. The first-order valence-corrected chi connectivity index (χ1v) is 10.7. The molecular weight excluding hydrogens is 374 g/mol. The van der Waals surface area contributed by atoms with Crippen LogP contribution in [-0.4, -0.2) is 41.3 Å². The van der Waals surface area contributed by atoms with Crippen molar-refractivity contribution in [3.8, 4) is 11.1 Å². The van der Waals surface area contributed by atoms with Gasteiger partial charge < -0.3 is 15.2 Å². The number of carbonyl (C=O) groups excluding carboxylic acids is 1. The zero-order valence-electron chi connectivity index (χ0n) is 15.9. The van der Waals surface area contributed by atoms with Gasteiger partial charge in [-0.05, 0) is 34.4 Å². The first-order chi connectivity index (χ1) is 13.6. The van der Waals surface area contributed by atoms with E-state index in [0.717, 1.165) is 40.8 Å². The molecule has 0 heterocycles. The van der Waals surface area contributed by atoms with Crippen molar-refractivity contribution in [2.24, 2.45) is 0 Å². The van der Waals surface area contributed by atoms with E-state index in [0.29, 0.717) is 5.75 Å². The van der Waals surface area contributed by atoms with Crippen LogP contribution in [-0.2, 0) is 9.53 Å². The first-order valence-electron chi connectivity index (χ1n) is 9.54. The third-order valence-corrected chi connectivity index (χ3v) is 6.01. The summed E-state index contributed by atoms with van der Waals surface area (Å²) in [6.45, 7) is 2.26. The summed E-state index contributed by atoms with van der Waals surface area (Å²) in [5.41, 5.74) is 4.56. The number of hydrogen-bond acceptors (Lipinski definition) is 4. The molecule has 0 aliphatic heterocycles. The number of hydrogen-bond donors (Lipinski definition) is 2. The summed E-state index contributed by atoms with van der Waals surface area (Å²) in [4.78, 5) is 23.6. The number of carboxylic acid groups (broad SMARTS) is 1. The van der Waals surface area contributed by atoms with Gasteiger partial charge in [-0.25, -0.2) is 9.59 Å². The van der Waals surface area contributed by atoms with E-state index in [1.807, 2.05) is 36.4 Å². The van der Waals surface area contributed by atoms with Gasteiger partial charge >= 0.3 is 12.1 Å². The lowest BCUT2D eigenvalue weighted by molar-refractivity contribution is -0.138. The summed E-state index contributed by atoms with van der Waals surface area (Å²) in [6, 6.07) is 15.2. The summed E-state index contributed by atoms with van der Waals surface area (Å²) < 4.78 is 5.43. The maximum absolute atomic E-state index is 12.2. The van der Waals surface area contributed by atoms with Crippen LogP contribution in [0.5, 0.6) is 0 Å². The summed E-state index contributed by atoms with van der Waals surface area (Å²) in [5.74, 6) is 0.129. The molecule has 2 aromatic carbocycles. The van der Waals surface area contributed by atoms with Gasteiger partial charge in [-0.1, -0.05) is 61.9 Å². The van der Waals surface area contributed by atoms with Gasteiger partial charge in [0.25, 0.3) is 0 Å². The van der Waals surface area contributed by atoms with E-state index in [2.05, 4.69) is 24.4 Å².